The van der Waals surface area contributed by atoms with Crippen LogP contribution in [-0.4, -0.2) is 106 Å². The van der Waals surface area contributed by atoms with Crippen LogP contribution in [0.3, 0.4) is 0 Å². The summed E-state index contributed by atoms with van der Waals surface area (Å²) in [5.74, 6) is -3.95. The molecule has 31 nitrogen and oxygen atoms in total. The first-order chi connectivity index (χ1) is 30.9. The number of sulfone groups is 2. The molecule has 4 rings (SSSR count). The zero-order chi connectivity index (χ0) is 50.3. The standard InChI is InChI=1S/C29H28N6O25S7.5Na/c1-56-15-2-5-18(21(12-15)64(44,45)46)30-33-24-27(36)25(34-31-19-6-3-16(13-22(19)65(47,48)49)62(40,41)10-8-57-61-60-59-39)29(38)26(28(24)37)35-32-20-7-4-17(14-23(20)66(50,51)52)63(42,43)11-9-58-67(53,54)55;;;;;/h2-7,12-14,30,32,38-39H,8-11H2,1H3,(H,44,45,46)(H,47,48,49)(H,50,51,52)(H,53,54,55);;;;;/q;5*+1/p-5/b33-24-,34-31?,35-26-;;;;;. The number of phenols is 1. The summed E-state index contributed by atoms with van der Waals surface area (Å²) in [4.78, 5) is 21.7. The Labute approximate surface area is 522 Å². The van der Waals surface area contributed by atoms with E-state index >= 15 is 0 Å². The van der Waals surface area contributed by atoms with Gasteiger partial charge in [0.2, 0.25) is 21.3 Å². The predicted molar refractivity (Wildman–Crippen MR) is 211 cm³/mol. The fourth-order valence-corrected chi connectivity index (χ4v) is 9.89. The van der Waals surface area contributed by atoms with Gasteiger partial charge in [0.25, 0.3) is 0 Å². The van der Waals surface area contributed by atoms with Gasteiger partial charge in [0.15, 0.2) is 54.1 Å². The Morgan fingerprint density at radius 3 is 1.58 bits per heavy atom. The van der Waals surface area contributed by atoms with Crippen molar-refractivity contribution < 1.29 is 249 Å². The van der Waals surface area contributed by atoms with Crippen molar-refractivity contribution in [3.63, 3.8) is 0 Å². The third kappa shape index (κ3) is 20.7. The number of hydrogen-bond donors (Lipinski definition) is 3. The number of azo groups is 1. The molecule has 0 radical (unpaired) electrons. The molecule has 0 bridgehead atoms. The minimum atomic E-state index is -5.73. The molecule has 0 saturated carbocycles. The number of aromatic hydroxyl groups is 1. The second-order valence-electron chi connectivity index (χ2n) is 12.1. The molecule has 72 heavy (non-hydrogen) atoms. The van der Waals surface area contributed by atoms with Crippen molar-refractivity contribution in [3.05, 3.63) is 85.8 Å². The Bertz CT molecular complexity index is 3570. The normalized spacial score (nSPS) is 12.6. The second-order valence-corrected chi connectivity index (χ2v) is 21.9. The van der Waals surface area contributed by atoms with Gasteiger partial charge in [-0.3, -0.25) is 33.8 Å². The Morgan fingerprint density at radius 1 is 0.611 bits per heavy atom. The Kier molecular flexibility index (Phi) is 31.3. The average Bonchev–Trinajstić information content (AvgIpc) is 3.21. The van der Waals surface area contributed by atoms with Gasteiger partial charge in [0.05, 0.1) is 67.7 Å². The van der Waals surface area contributed by atoms with E-state index in [-0.39, 0.29) is 172 Å². The van der Waals surface area contributed by atoms with E-state index in [0.29, 0.717) is 36.4 Å². The Balaban J connectivity index is 0. The van der Waals surface area contributed by atoms with Gasteiger partial charge < -0.3 is 33.3 Å². The number of phenolic OH excluding ortho intramolecular Hbond substituents is 1. The molecule has 0 aliphatic rings. The smallest absolute Gasteiger partial charge is 0.744 e. The van der Waals surface area contributed by atoms with Crippen LogP contribution in [-0.2, 0) is 78.2 Å². The molecule has 0 aliphatic carbocycles. The first-order valence-electron chi connectivity index (χ1n) is 16.7. The average molecular weight is 1190 g/mol. The number of hydrogen-bond acceptors (Lipinski definition) is 32. The summed E-state index contributed by atoms with van der Waals surface area (Å²) in [5, 5.41) is 34.9. The van der Waals surface area contributed by atoms with Crippen molar-refractivity contribution in [1.82, 2.24) is 0 Å². The van der Waals surface area contributed by atoms with Gasteiger partial charge in [-0.05, 0) is 54.6 Å². The Morgan fingerprint density at radius 2 is 1.08 bits per heavy atom. The van der Waals surface area contributed by atoms with Crippen molar-refractivity contribution >= 4 is 95.5 Å². The molecule has 43 heteroatoms. The van der Waals surface area contributed by atoms with Crippen LogP contribution in [0.15, 0.2) is 109 Å². The third-order valence-electron chi connectivity index (χ3n) is 7.86. The van der Waals surface area contributed by atoms with Crippen molar-refractivity contribution in [2.75, 3.05) is 42.7 Å². The summed E-state index contributed by atoms with van der Waals surface area (Å²) in [6.45, 7) is -1.93. The number of anilines is 2. The molecule has 0 amide bonds. The van der Waals surface area contributed by atoms with Crippen molar-refractivity contribution in [2.24, 2.45) is 20.4 Å². The summed E-state index contributed by atoms with van der Waals surface area (Å²) in [7, 11) is -30.3. The molecule has 0 spiro atoms. The number of benzene rings is 4. The van der Waals surface area contributed by atoms with E-state index in [4.69, 9.17) is 4.74 Å². The van der Waals surface area contributed by atoms with Crippen LogP contribution in [0.2, 0.25) is 0 Å². The van der Waals surface area contributed by atoms with E-state index in [9.17, 15) is 88.7 Å². The van der Waals surface area contributed by atoms with Gasteiger partial charge >= 0.3 is 148 Å². The van der Waals surface area contributed by atoms with Crippen LogP contribution in [0.4, 0.5) is 22.7 Å². The molecule has 0 atom stereocenters. The molecule has 4 aromatic carbocycles. The molecule has 0 aliphatic heterocycles. The van der Waals surface area contributed by atoms with E-state index in [1.807, 2.05) is 10.9 Å². The van der Waals surface area contributed by atoms with Crippen LogP contribution in [0.5, 0.6) is 11.5 Å². The monoisotopic (exact) mass is 1190 g/mol. The van der Waals surface area contributed by atoms with E-state index < -0.39 is 160 Å². The molecule has 366 valence electrons. The van der Waals surface area contributed by atoms with Crippen LogP contribution < -0.4 is 190 Å². The van der Waals surface area contributed by atoms with Crippen LogP contribution >= 0.6 is 12.3 Å². The van der Waals surface area contributed by atoms with Gasteiger partial charge in [-0.2, -0.15) is 10.2 Å². The summed E-state index contributed by atoms with van der Waals surface area (Å²) >= 11 is -0.0622. The summed E-state index contributed by atoms with van der Waals surface area (Å²) in [6.07, 6.45) is 0. The van der Waals surface area contributed by atoms with E-state index in [1.54, 1.807) is 0 Å². The van der Waals surface area contributed by atoms with E-state index in [1.165, 1.54) is 0 Å². The summed E-state index contributed by atoms with van der Waals surface area (Å²) in [6, 6.07) is 5.63. The van der Waals surface area contributed by atoms with Crippen molar-refractivity contribution in [2.45, 2.75) is 24.5 Å². The van der Waals surface area contributed by atoms with Crippen LogP contribution in [0.25, 0.3) is 0 Å². The third-order valence-corrected chi connectivity index (χ3v) is 14.7. The zero-order valence-electron chi connectivity index (χ0n) is 37.4. The van der Waals surface area contributed by atoms with Gasteiger partial charge in [0, 0.05) is 0 Å². The van der Waals surface area contributed by atoms with Crippen LogP contribution in [0.1, 0.15) is 0 Å². The molecule has 0 unspecified atom stereocenters. The van der Waals surface area contributed by atoms with Crippen molar-refractivity contribution in [1.29, 1.82) is 0 Å². The molecule has 0 heterocycles. The van der Waals surface area contributed by atoms with Crippen LogP contribution in [0, 0.1) is 0 Å². The molecule has 0 aromatic heterocycles. The fourth-order valence-electron chi connectivity index (χ4n) is 4.87. The maximum absolute atomic E-state index is 13.7. The largest absolute Gasteiger partial charge is 1.00 e. The number of ether oxygens (including phenoxy) is 1. The molecule has 0 saturated heterocycles. The van der Waals surface area contributed by atoms with Crippen molar-refractivity contribution in [3.8, 4) is 11.5 Å². The van der Waals surface area contributed by atoms with Gasteiger partial charge in [0.1, 0.15) is 41.8 Å². The predicted octanol–water partition coefficient (Wildman–Crippen LogP) is -18.2. The number of nitrogens with one attached hydrogen (secondary N) is 2. The molecule has 0 fully saturated rings. The minimum absolute atomic E-state index is 0. The topological polar surface area (TPSA) is 494 Å². The van der Waals surface area contributed by atoms with Gasteiger partial charge in [-0.25, -0.2) is 50.5 Å². The quantitative estimate of drug-likeness (QED) is 0.00961. The maximum Gasteiger partial charge on any atom is 1.00 e. The maximum atomic E-state index is 13.7. The molecule has 4 aromatic rings. The summed E-state index contributed by atoms with van der Waals surface area (Å²) in [5.41, 5.74) is -3.83. The molecular weight excluding hydrogens is 1170 g/mol. The molecule has 3 N–H and O–H groups in total. The summed E-state index contributed by atoms with van der Waals surface area (Å²) < 4.78 is 210. The zero-order valence-corrected chi connectivity index (χ0v) is 53.1. The minimum Gasteiger partial charge on any atom is -0.744 e. The number of nitrogens with zero attached hydrogens (tertiary/aromatic N) is 4. The van der Waals surface area contributed by atoms with E-state index in [0.717, 1.165) is 19.2 Å². The number of rotatable bonds is 22. The fraction of sp³-hybridized carbons (Fsp3) is 0.172. The number of methoxy groups -OCH3 is 1. The first kappa shape index (κ1) is 73.6. The van der Waals surface area contributed by atoms with E-state index in [2.05, 4.69) is 38.2 Å². The van der Waals surface area contributed by atoms with Gasteiger partial charge in [-0.1, -0.05) is 0 Å². The SMILES string of the molecule is COc1ccc(N/N=c2/c(=O)c(N=Nc3ccc(S(=O)(=O)CCOSOO[O-])cc3S(=O)(=O)[O-])c(O)/c(=N\Nc3ccc(S(=O)(=O)CCOS(=O)(=O)[O-])cc3S(=O)(=O)[O-])c2=O)c(S(=O)(=O)[O-])c1.[Na+].[Na+].[Na+].[Na+].[Na+]. The Hall–Kier alpha value is -0.430. The molecular formula is C29H23N6Na5O25S7. The second kappa shape index (κ2) is 30.6. The van der Waals surface area contributed by atoms with Gasteiger partial charge in [-0.15, -0.1) is 14.6 Å². The first-order valence-corrected chi connectivity index (χ1v) is 26.2.